The first kappa shape index (κ1) is 23.2. The molecular formula is C27H28N2O5. The molecule has 1 unspecified atom stereocenters. The molecule has 34 heavy (non-hydrogen) atoms. The summed E-state index contributed by atoms with van der Waals surface area (Å²) in [6.07, 6.45) is 2.37. The zero-order valence-corrected chi connectivity index (χ0v) is 19.5. The van der Waals surface area contributed by atoms with Gasteiger partial charge in [0.25, 0.3) is 11.7 Å². The topological polar surface area (TPSA) is 83.2 Å². The third-order valence-corrected chi connectivity index (χ3v) is 5.75. The SMILES string of the molecule is CCCOc1cccc(/C(O)=C2\C(=O)C(=O)N(Cc3ccco3)C2c2ccc(N(C)C)cc2)c1. The number of hydrogen-bond acceptors (Lipinski definition) is 6. The van der Waals surface area contributed by atoms with Gasteiger partial charge in [-0.1, -0.05) is 31.2 Å². The Morgan fingerprint density at radius 1 is 1.09 bits per heavy atom. The highest BCUT2D eigenvalue weighted by molar-refractivity contribution is 6.46. The molecule has 4 rings (SSSR count). The average molecular weight is 461 g/mol. The molecule has 1 aromatic heterocycles. The fraction of sp³-hybridized carbons (Fsp3) is 0.259. The summed E-state index contributed by atoms with van der Waals surface area (Å²) in [5, 5.41) is 11.3. The molecule has 1 aliphatic heterocycles. The number of amides is 1. The molecule has 7 heteroatoms. The summed E-state index contributed by atoms with van der Waals surface area (Å²) in [5.41, 5.74) is 2.16. The molecule has 1 amide bonds. The summed E-state index contributed by atoms with van der Waals surface area (Å²) >= 11 is 0. The van der Waals surface area contributed by atoms with Crippen LogP contribution >= 0.6 is 0 Å². The third-order valence-electron chi connectivity index (χ3n) is 5.75. The van der Waals surface area contributed by atoms with Crippen LogP contribution in [0.4, 0.5) is 5.69 Å². The first-order valence-corrected chi connectivity index (χ1v) is 11.2. The number of ether oxygens (including phenoxy) is 1. The van der Waals surface area contributed by atoms with E-state index in [1.165, 1.54) is 11.2 Å². The lowest BCUT2D eigenvalue weighted by atomic mass is 9.95. The number of carbonyl (C=O) groups excluding carboxylic acids is 2. The van der Waals surface area contributed by atoms with E-state index < -0.39 is 17.7 Å². The first-order valence-electron chi connectivity index (χ1n) is 11.2. The van der Waals surface area contributed by atoms with Crippen molar-refractivity contribution >= 4 is 23.1 Å². The number of likely N-dealkylation sites (tertiary alicyclic amines) is 1. The molecule has 7 nitrogen and oxygen atoms in total. The summed E-state index contributed by atoms with van der Waals surface area (Å²) in [6.45, 7) is 2.65. The summed E-state index contributed by atoms with van der Waals surface area (Å²) in [5.74, 6) is -0.512. The predicted octanol–water partition coefficient (Wildman–Crippen LogP) is 4.76. The van der Waals surface area contributed by atoms with E-state index in [1.807, 2.05) is 50.2 Å². The highest BCUT2D eigenvalue weighted by Gasteiger charge is 2.46. The number of carbonyl (C=O) groups is 2. The Bertz CT molecular complexity index is 1200. The minimum Gasteiger partial charge on any atom is -0.507 e. The van der Waals surface area contributed by atoms with Crippen LogP contribution in [0.5, 0.6) is 5.75 Å². The summed E-state index contributed by atoms with van der Waals surface area (Å²) in [6, 6.07) is 17.2. The molecule has 0 saturated carbocycles. The van der Waals surface area contributed by atoms with E-state index in [-0.39, 0.29) is 17.9 Å². The molecule has 1 atom stereocenters. The Morgan fingerprint density at radius 2 is 1.85 bits per heavy atom. The Kier molecular flexibility index (Phi) is 6.72. The summed E-state index contributed by atoms with van der Waals surface area (Å²) < 4.78 is 11.1. The van der Waals surface area contributed by atoms with Crippen LogP contribution in [0, 0.1) is 0 Å². The number of Topliss-reactive ketones (excluding diaryl/α,β-unsaturated/α-hetero) is 1. The van der Waals surface area contributed by atoms with Crippen molar-refractivity contribution < 1.29 is 23.8 Å². The molecular weight excluding hydrogens is 432 g/mol. The van der Waals surface area contributed by atoms with Crippen LogP contribution in [0.15, 0.2) is 76.9 Å². The van der Waals surface area contributed by atoms with Crippen molar-refractivity contribution in [3.63, 3.8) is 0 Å². The Labute approximate surface area is 198 Å². The largest absolute Gasteiger partial charge is 0.507 e. The van der Waals surface area contributed by atoms with E-state index in [1.54, 1.807) is 36.4 Å². The van der Waals surface area contributed by atoms with Crippen molar-refractivity contribution in [2.45, 2.75) is 25.9 Å². The molecule has 2 heterocycles. The second-order valence-corrected chi connectivity index (χ2v) is 8.37. The molecule has 2 aromatic carbocycles. The number of aliphatic hydroxyl groups is 1. The fourth-order valence-corrected chi connectivity index (χ4v) is 4.02. The molecule has 1 saturated heterocycles. The van der Waals surface area contributed by atoms with Crippen molar-refractivity contribution in [1.29, 1.82) is 0 Å². The highest BCUT2D eigenvalue weighted by Crippen LogP contribution is 2.41. The van der Waals surface area contributed by atoms with Gasteiger partial charge in [-0.25, -0.2) is 0 Å². The standard InChI is InChI=1S/C27H28N2O5/c1-4-14-33-21-8-5-7-19(16-21)25(30)23-24(18-10-12-20(13-11-18)28(2)3)29(27(32)26(23)31)17-22-9-6-15-34-22/h5-13,15-16,24,30H,4,14,17H2,1-3H3/b25-23+. The van der Waals surface area contributed by atoms with Crippen LogP contribution in [-0.2, 0) is 16.1 Å². The van der Waals surface area contributed by atoms with Gasteiger partial charge in [0.05, 0.1) is 31.0 Å². The van der Waals surface area contributed by atoms with Gasteiger partial charge in [-0.05, 0) is 48.4 Å². The van der Waals surface area contributed by atoms with Crippen LogP contribution < -0.4 is 9.64 Å². The maximum Gasteiger partial charge on any atom is 0.296 e. The van der Waals surface area contributed by atoms with Gasteiger partial charge in [0.15, 0.2) is 0 Å². The Hall–Kier alpha value is -4.00. The van der Waals surface area contributed by atoms with Crippen LogP contribution in [0.3, 0.4) is 0 Å². The lowest BCUT2D eigenvalue weighted by molar-refractivity contribution is -0.140. The maximum absolute atomic E-state index is 13.2. The van der Waals surface area contributed by atoms with Gasteiger partial charge in [-0.3, -0.25) is 9.59 Å². The van der Waals surface area contributed by atoms with Crippen molar-refractivity contribution in [3.8, 4) is 5.75 Å². The van der Waals surface area contributed by atoms with E-state index in [9.17, 15) is 14.7 Å². The van der Waals surface area contributed by atoms with Gasteiger partial charge in [0.1, 0.15) is 17.3 Å². The molecule has 0 radical (unpaired) electrons. The molecule has 0 aliphatic carbocycles. The number of furan rings is 1. The monoisotopic (exact) mass is 460 g/mol. The van der Waals surface area contributed by atoms with E-state index in [0.29, 0.717) is 23.7 Å². The molecule has 0 bridgehead atoms. The number of aliphatic hydroxyl groups excluding tert-OH is 1. The third kappa shape index (κ3) is 4.55. The van der Waals surface area contributed by atoms with Crippen molar-refractivity contribution in [1.82, 2.24) is 4.90 Å². The van der Waals surface area contributed by atoms with Crippen LogP contribution in [0.1, 0.15) is 36.3 Å². The number of anilines is 1. The molecule has 176 valence electrons. The number of rotatable bonds is 8. The fourth-order valence-electron chi connectivity index (χ4n) is 4.02. The molecule has 1 fully saturated rings. The summed E-state index contributed by atoms with van der Waals surface area (Å²) in [7, 11) is 3.87. The van der Waals surface area contributed by atoms with E-state index in [4.69, 9.17) is 9.15 Å². The van der Waals surface area contributed by atoms with Crippen LogP contribution in [-0.4, -0.2) is 42.4 Å². The lowest BCUT2D eigenvalue weighted by Gasteiger charge is -2.25. The van der Waals surface area contributed by atoms with Gasteiger partial charge in [-0.15, -0.1) is 0 Å². The Balaban J connectivity index is 1.81. The van der Waals surface area contributed by atoms with Gasteiger partial charge in [0.2, 0.25) is 0 Å². The predicted molar refractivity (Wildman–Crippen MR) is 130 cm³/mol. The molecule has 1 N–H and O–H groups in total. The van der Waals surface area contributed by atoms with E-state index in [0.717, 1.165) is 17.7 Å². The number of hydrogen-bond donors (Lipinski definition) is 1. The summed E-state index contributed by atoms with van der Waals surface area (Å²) in [4.78, 5) is 29.7. The van der Waals surface area contributed by atoms with Gasteiger partial charge >= 0.3 is 0 Å². The molecule has 3 aromatic rings. The number of ketones is 1. The first-order chi connectivity index (χ1) is 16.4. The van der Waals surface area contributed by atoms with Gasteiger partial charge in [0, 0.05) is 25.3 Å². The zero-order chi connectivity index (χ0) is 24.2. The zero-order valence-electron chi connectivity index (χ0n) is 19.5. The van der Waals surface area contributed by atoms with Crippen LogP contribution in [0.2, 0.25) is 0 Å². The normalized spacial score (nSPS) is 17.3. The quantitative estimate of drug-likeness (QED) is 0.297. The minimum atomic E-state index is -0.762. The smallest absolute Gasteiger partial charge is 0.296 e. The second kappa shape index (κ2) is 9.87. The minimum absolute atomic E-state index is 0.0433. The highest BCUT2D eigenvalue weighted by atomic mass is 16.5. The average Bonchev–Trinajstić information content (AvgIpc) is 3.45. The van der Waals surface area contributed by atoms with Gasteiger partial charge < -0.3 is 24.1 Å². The van der Waals surface area contributed by atoms with Gasteiger partial charge in [-0.2, -0.15) is 0 Å². The van der Waals surface area contributed by atoms with Crippen molar-refractivity contribution in [2.24, 2.45) is 0 Å². The Morgan fingerprint density at radius 3 is 2.50 bits per heavy atom. The second-order valence-electron chi connectivity index (χ2n) is 8.37. The lowest BCUT2D eigenvalue weighted by Crippen LogP contribution is -2.29. The van der Waals surface area contributed by atoms with E-state index in [2.05, 4.69) is 0 Å². The number of nitrogens with zero attached hydrogens (tertiary/aromatic N) is 2. The number of benzene rings is 2. The van der Waals surface area contributed by atoms with E-state index >= 15 is 0 Å². The van der Waals surface area contributed by atoms with Crippen molar-refractivity contribution in [2.75, 3.05) is 25.6 Å². The molecule has 0 spiro atoms. The van der Waals surface area contributed by atoms with Crippen molar-refractivity contribution in [3.05, 3.63) is 89.4 Å². The van der Waals surface area contributed by atoms with Crippen LogP contribution in [0.25, 0.3) is 5.76 Å². The maximum atomic E-state index is 13.2. The molecule has 1 aliphatic rings.